The van der Waals surface area contributed by atoms with E-state index in [1.807, 2.05) is 0 Å². The quantitative estimate of drug-likeness (QED) is 0.568. The van der Waals surface area contributed by atoms with Crippen LogP contribution in [0.2, 0.25) is 0 Å². The van der Waals surface area contributed by atoms with Crippen LogP contribution < -0.4 is 0 Å². The molecule has 0 spiro atoms. The highest BCUT2D eigenvalue weighted by Gasteiger charge is 2.43. The van der Waals surface area contributed by atoms with Crippen LogP contribution in [0.1, 0.15) is 13.3 Å². The van der Waals surface area contributed by atoms with Crippen molar-refractivity contribution in [3.8, 4) is 0 Å². The Labute approximate surface area is 77.5 Å². The van der Waals surface area contributed by atoms with Crippen molar-refractivity contribution in [3.05, 3.63) is 0 Å². The van der Waals surface area contributed by atoms with E-state index in [0.717, 1.165) is 6.42 Å². The molecule has 72 valence electrons. The molecule has 0 N–H and O–H groups in total. The largest absolute Gasteiger partial charge is 0.326 e. The monoisotopic (exact) mass is 182 g/mol. The highest BCUT2D eigenvalue weighted by atomic mass is 16.2. The van der Waals surface area contributed by atoms with E-state index in [0.29, 0.717) is 12.6 Å². The van der Waals surface area contributed by atoms with E-state index >= 15 is 0 Å². The van der Waals surface area contributed by atoms with E-state index < -0.39 is 0 Å². The smallest absolute Gasteiger partial charge is 0.243 e. The van der Waals surface area contributed by atoms with Gasteiger partial charge in [-0.05, 0) is 12.3 Å². The second-order valence-electron chi connectivity index (χ2n) is 4.09. The Kier molecular flexibility index (Phi) is 1.78. The van der Waals surface area contributed by atoms with Gasteiger partial charge >= 0.3 is 0 Å². The van der Waals surface area contributed by atoms with Gasteiger partial charge in [0.25, 0.3) is 0 Å². The average Bonchev–Trinajstić information content (AvgIpc) is 2.70. The highest BCUT2D eigenvalue weighted by molar-refractivity contribution is 5.89. The lowest BCUT2D eigenvalue weighted by Crippen LogP contribution is -2.31. The molecule has 1 saturated heterocycles. The van der Waals surface area contributed by atoms with Crippen LogP contribution in [-0.4, -0.2) is 41.9 Å². The van der Waals surface area contributed by atoms with Crippen LogP contribution >= 0.6 is 0 Å². The fourth-order valence-electron chi connectivity index (χ4n) is 1.72. The van der Waals surface area contributed by atoms with E-state index in [9.17, 15) is 9.59 Å². The summed E-state index contributed by atoms with van der Waals surface area (Å²) < 4.78 is 0. The van der Waals surface area contributed by atoms with Crippen molar-refractivity contribution in [2.45, 2.75) is 13.3 Å². The summed E-state index contributed by atoms with van der Waals surface area (Å²) in [6.07, 6.45) is 0.993. The Balaban J connectivity index is 1.96. The van der Waals surface area contributed by atoms with Gasteiger partial charge in [-0.25, -0.2) is 0 Å². The number of likely N-dealkylation sites (N-methyl/N-ethyl adjacent to an activating group) is 1. The van der Waals surface area contributed by atoms with Crippen LogP contribution in [0.4, 0.5) is 0 Å². The summed E-state index contributed by atoms with van der Waals surface area (Å²) in [5.74, 6) is 0.916. The molecule has 2 rings (SSSR count). The Morgan fingerprint density at radius 3 is 2.54 bits per heavy atom. The highest BCUT2D eigenvalue weighted by Crippen LogP contribution is 2.39. The first-order chi connectivity index (χ1) is 6.09. The number of carbonyl (C=O) groups is 2. The summed E-state index contributed by atoms with van der Waals surface area (Å²) in [7, 11) is 1.73. The molecular weight excluding hydrogens is 168 g/mol. The molecule has 2 aliphatic rings. The summed E-state index contributed by atoms with van der Waals surface area (Å²) in [6.45, 7) is 2.82. The van der Waals surface area contributed by atoms with Crippen LogP contribution in [0.3, 0.4) is 0 Å². The van der Waals surface area contributed by atoms with Crippen molar-refractivity contribution >= 4 is 11.8 Å². The summed E-state index contributed by atoms with van der Waals surface area (Å²) in [6, 6.07) is 0. The molecule has 1 aliphatic heterocycles. The maximum atomic E-state index is 11.7. The molecular formula is C9H14N2O2. The lowest BCUT2D eigenvalue weighted by molar-refractivity contribution is -0.133. The third kappa shape index (κ3) is 1.41. The molecule has 4 nitrogen and oxygen atoms in total. The van der Waals surface area contributed by atoms with E-state index in [2.05, 4.69) is 6.92 Å². The van der Waals surface area contributed by atoms with Crippen molar-refractivity contribution in [2.24, 2.45) is 11.8 Å². The maximum absolute atomic E-state index is 11.7. The van der Waals surface area contributed by atoms with Gasteiger partial charge in [-0.1, -0.05) is 6.92 Å². The average molecular weight is 182 g/mol. The third-order valence-corrected chi connectivity index (χ3v) is 2.87. The first-order valence-electron chi connectivity index (χ1n) is 4.62. The minimum Gasteiger partial charge on any atom is -0.326 e. The molecule has 4 heteroatoms. The van der Waals surface area contributed by atoms with Gasteiger partial charge in [-0.2, -0.15) is 0 Å². The van der Waals surface area contributed by atoms with E-state index in [1.165, 1.54) is 0 Å². The van der Waals surface area contributed by atoms with Gasteiger partial charge in [0.2, 0.25) is 11.8 Å². The van der Waals surface area contributed by atoms with Gasteiger partial charge in [0.05, 0.1) is 6.67 Å². The molecule has 2 atom stereocenters. The molecule has 2 amide bonds. The van der Waals surface area contributed by atoms with Crippen molar-refractivity contribution in [3.63, 3.8) is 0 Å². The Morgan fingerprint density at radius 2 is 2.15 bits per heavy atom. The zero-order valence-electron chi connectivity index (χ0n) is 7.99. The molecule has 0 unspecified atom stereocenters. The number of hydrogen-bond acceptors (Lipinski definition) is 2. The van der Waals surface area contributed by atoms with Crippen LogP contribution in [0.15, 0.2) is 0 Å². The van der Waals surface area contributed by atoms with Crippen molar-refractivity contribution in [2.75, 3.05) is 20.3 Å². The fraction of sp³-hybridized carbons (Fsp3) is 0.778. The third-order valence-electron chi connectivity index (χ3n) is 2.87. The second kappa shape index (κ2) is 2.72. The lowest BCUT2D eigenvalue weighted by atomic mass is 10.3. The first kappa shape index (κ1) is 8.53. The van der Waals surface area contributed by atoms with Gasteiger partial charge in [0.15, 0.2) is 0 Å². The SMILES string of the molecule is C[C@@H]1C[C@H]1C(=O)N1CC(=O)N(C)C1. The van der Waals surface area contributed by atoms with Gasteiger partial charge in [0, 0.05) is 13.0 Å². The normalized spacial score (nSPS) is 32.6. The molecule has 0 radical (unpaired) electrons. The summed E-state index contributed by atoms with van der Waals surface area (Å²) in [5, 5.41) is 0. The van der Waals surface area contributed by atoms with Gasteiger partial charge < -0.3 is 9.80 Å². The minimum atomic E-state index is 0.0432. The van der Waals surface area contributed by atoms with Crippen LogP contribution in [0, 0.1) is 11.8 Å². The Morgan fingerprint density at radius 1 is 1.54 bits per heavy atom. The second-order valence-corrected chi connectivity index (χ2v) is 4.09. The molecule has 1 aliphatic carbocycles. The molecule has 0 aromatic rings. The summed E-state index contributed by atoms with van der Waals surface area (Å²) >= 11 is 0. The van der Waals surface area contributed by atoms with Crippen molar-refractivity contribution in [1.29, 1.82) is 0 Å². The molecule has 1 saturated carbocycles. The lowest BCUT2D eigenvalue weighted by Gasteiger charge is -2.14. The van der Waals surface area contributed by atoms with Crippen LogP contribution in [0.5, 0.6) is 0 Å². The minimum absolute atomic E-state index is 0.0432. The predicted octanol–water partition coefficient (Wildman–Crippen LogP) is -0.0995. The number of hydrogen-bond donors (Lipinski definition) is 0. The molecule has 0 aromatic carbocycles. The molecule has 13 heavy (non-hydrogen) atoms. The standard InChI is InChI=1S/C9H14N2O2/c1-6-3-7(6)9(13)11-4-8(12)10(2)5-11/h6-7H,3-5H2,1-2H3/t6-,7-/m1/s1. The number of nitrogens with zero attached hydrogens (tertiary/aromatic N) is 2. The predicted molar refractivity (Wildman–Crippen MR) is 46.6 cm³/mol. The van der Waals surface area contributed by atoms with E-state index in [-0.39, 0.29) is 24.3 Å². The topological polar surface area (TPSA) is 40.6 Å². The molecule has 2 fully saturated rings. The van der Waals surface area contributed by atoms with Crippen molar-refractivity contribution < 1.29 is 9.59 Å². The van der Waals surface area contributed by atoms with Crippen LogP contribution in [0.25, 0.3) is 0 Å². The molecule has 0 bridgehead atoms. The van der Waals surface area contributed by atoms with Crippen LogP contribution in [-0.2, 0) is 9.59 Å². The summed E-state index contributed by atoms with van der Waals surface area (Å²) in [5.41, 5.74) is 0. The zero-order valence-corrected chi connectivity index (χ0v) is 7.99. The van der Waals surface area contributed by atoms with Gasteiger partial charge in [-0.3, -0.25) is 9.59 Å². The number of rotatable bonds is 1. The van der Waals surface area contributed by atoms with Crippen molar-refractivity contribution in [1.82, 2.24) is 9.80 Å². The Hall–Kier alpha value is -1.06. The first-order valence-corrected chi connectivity index (χ1v) is 4.62. The summed E-state index contributed by atoms with van der Waals surface area (Å²) in [4.78, 5) is 26.0. The number of carbonyl (C=O) groups excluding carboxylic acids is 2. The zero-order chi connectivity index (χ0) is 9.59. The Bertz CT molecular complexity index is 264. The molecule has 1 heterocycles. The molecule has 0 aromatic heterocycles. The number of amides is 2. The van der Waals surface area contributed by atoms with E-state index in [4.69, 9.17) is 0 Å². The maximum Gasteiger partial charge on any atom is 0.243 e. The fourth-order valence-corrected chi connectivity index (χ4v) is 1.72. The van der Waals surface area contributed by atoms with Gasteiger partial charge in [0.1, 0.15) is 6.54 Å². The van der Waals surface area contributed by atoms with E-state index in [1.54, 1.807) is 16.8 Å². The van der Waals surface area contributed by atoms with Gasteiger partial charge in [-0.15, -0.1) is 0 Å².